The fourth-order valence-corrected chi connectivity index (χ4v) is 3.96. The van der Waals surface area contributed by atoms with Crippen LogP contribution in [0, 0.1) is 0 Å². The Morgan fingerprint density at radius 2 is 2.33 bits per heavy atom. The van der Waals surface area contributed by atoms with E-state index in [-0.39, 0.29) is 0 Å². The maximum Gasteiger partial charge on any atom is 0.122 e. The molecule has 3 heteroatoms. The molecular formula is C15H21NOS. The van der Waals surface area contributed by atoms with Crippen molar-refractivity contribution < 1.29 is 4.74 Å². The van der Waals surface area contributed by atoms with Crippen molar-refractivity contribution in [1.82, 2.24) is 5.32 Å². The highest BCUT2D eigenvalue weighted by atomic mass is 32.2. The molecule has 18 heavy (non-hydrogen) atoms. The first-order valence-electron chi connectivity index (χ1n) is 6.99. The summed E-state index contributed by atoms with van der Waals surface area (Å²) in [6, 6.07) is 6.47. The van der Waals surface area contributed by atoms with Crippen LogP contribution in [-0.2, 0) is 13.0 Å². The van der Waals surface area contributed by atoms with Gasteiger partial charge in [0.05, 0.1) is 0 Å². The molecule has 1 N–H and O–H groups in total. The molecule has 2 heterocycles. The zero-order valence-electron chi connectivity index (χ0n) is 10.8. The first-order valence-corrected chi connectivity index (χ1v) is 8.04. The van der Waals surface area contributed by atoms with E-state index in [1.165, 1.54) is 36.1 Å². The molecule has 2 aliphatic rings. The van der Waals surface area contributed by atoms with Gasteiger partial charge in [-0.1, -0.05) is 18.6 Å². The highest BCUT2D eigenvalue weighted by Crippen LogP contribution is 2.29. The monoisotopic (exact) mass is 263 g/mol. The van der Waals surface area contributed by atoms with Crippen LogP contribution in [0.3, 0.4) is 0 Å². The molecule has 0 saturated carbocycles. The Bertz CT molecular complexity index is 401. The summed E-state index contributed by atoms with van der Waals surface area (Å²) in [7, 11) is 0. The number of thioether (sulfide) groups is 1. The average molecular weight is 263 g/mol. The molecule has 2 nitrogen and oxygen atoms in total. The molecular weight excluding hydrogens is 242 g/mol. The van der Waals surface area contributed by atoms with E-state index in [4.69, 9.17) is 4.74 Å². The predicted molar refractivity (Wildman–Crippen MR) is 77.4 cm³/mol. The highest BCUT2D eigenvalue weighted by molar-refractivity contribution is 7.99. The van der Waals surface area contributed by atoms with Crippen LogP contribution in [0.25, 0.3) is 0 Å². The maximum absolute atomic E-state index is 6.10. The fourth-order valence-electron chi connectivity index (χ4n) is 2.75. The molecule has 0 aliphatic carbocycles. The van der Waals surface area contributed by atoms with Crippen molar-refractivity contribution in [1.29, 1.82) is 0 Å². The lowest BCUT2D eigenvalue weighted by molar-refractivity contribution is 0.304. The molecule has 3 rings (SSSR count). The Morgan fingerprint density at radius 3 is 3.22 bits per heavy atom. The Morgan fingerprint density at radius 1 is 1.33 bits per heavy atom. The van der Waals surface area contributed by atoms with Gasteiger partial charge in [-0.25, -0.2) is 0 Å². The van der Waals surface area contributed by atoms with Gasteiger partial charge in [0.1, 0.15) is 12.4 Å². The molecule has 0 aromatic heterocycles. The Balaban J connectivity index is 1.65. The summed E-state index contributed by atoms with van der Waals surface area (Å²) in [5.41, 5.74) is 2.84. The van der Waals surface area contributed by atoms with Crippen LogP contribution in [-0.4, -0.2) is 24.2 Å². The molecule has 1 fully saturated rings. The van der Waals surface area contributed by atoms with Crippen LogP contribution in [0.2, 0.25) is 0 Å². The van der Waals surface area contributed by atoms with Gasteiger partial charge in [0.15, 0.2) is 0 Å². The Kier molecular flexibility index (Phi) is 4.11. The van der Waals surface area contributed by atoms with Crippen molar-refractivity contribution in [2.75, 3.05) is 18.9 Å². The SMILES string of the molecule is c1cc2c(c(OCC3CCCCS3)c1)CCNC2. The summed E-state index contributed by atoms with van der Waals surface area (Å²) in [6.45, 7) is 2.95. The van der Waals surface area contributed by atoms with Crippen LogP contribution >= 0.6 is 11.8 Å². The number of ether oxygens (including phenoxy) is 1. The fraction of sp³-hybridized carbons (Fsp3) is 0.600. The minimum absolute atomic E-state index is 0.705. The normalized spacial score (nSPS) is 23.4. The predicted octanol–water partition coefficient (Wildman–Crippen LogP) is 3.00. The van der Waals surface area contributed by atoms with E-state index in [0.29, 0.717) is 5.25 Å². The summed E-state index contributed by atoms with van der Waals surface area (Å²) >= 11 is 2.08. The lowest BCUT2D eigenvalue weighted by Crippen LogP contribution is -2.25. The molecule has 0 amide bonds. The maximum atomic E-state index is 6.10. The first-order chi connectivity index (χ1) is 8.93. The minimum atomic E-state index is 0.705. The van der Waals surface area contributed by atoms with Crippen molar-refractivity contribution in [3.63, 3.8) is 0 Å². The van der Waals surface area contributed by atoms with Gasteiger partial charge in [-0.15, -0.1) is 0 Å². The van der Waals surface area contributed by atoms with E-state index >= 15 is 0 Å². The first kappa shape index (κ1) is 12.4. The molecule has 0 spiro atoms. The van der Waals surface area contributed by atoms with Crippen LogP contribution in [0.15, 0.2) is 18.2 Å². The van der Waals surface area contributed by atoms with Crippen molar-refractivity contribution >= 4 is 11.8 Å². The van der Waals surface area contributed by atoms with Gasteiger partial charge in [-0.3, -0.25) is 0 Å². The largest absolute Gasteiger partial charge is 0.492 e. The molecule has 0 radical (unpaired) electrons. The van der Waals surface area contributed by atoms with Gasteiger partial charge < -0.3 is 10.1 Å². The van der Waals surface area contributed by atoms with Crippen LogP contribution in [0.5, 0.6) is 5.75 Å². The van der Waals surface area contributed by atoms with E-state index in [2.05, 4.69) is 35.3 Å². The van der Waals surface area contributed by atoms with E-state index < -0.39 is 0 Å². The van der Waals surface area contributed by atoms with Gasteiger partial charge in [0, 0.05) is 11.8 Å². The van der Waals surface area contributed by atoms with Crippen molar-refractivity contribution in [2.24, 2.45) is 0 Å². The van der Waals surface area contributed by atoms with E-state index in [9.17, 15) is 0 Å². The molecule has 1 atom stereocenters. The number of rotatable bonds is 3. The Labute approximate surface area is 113 Å². The van der Waals surface area contributed by atoms with Gasteiger partial charge in [-0.05, 0) is 48.8 Å². The van der Waals surface area contributed by atoms with E-state index in [0.717, 1.165) is 31.9 Å². The Hall–Kier alpha value is -0.670. The summed E-state index contributed by atoms with van der Waals surface area (Å²) in [5.74, 6) is 2.44. The second-order valence-corrected chi connectivity index (χ2v) is 6.53. The average Bonchev–Trinajstić information content (AvgIpc) is 2.46. The zero-order chi connectivity index (χ0) is 12.2. The third kappa shape index (κ3) is 2.83. The number of fused-ring (bicyclic) bond motifs is 1. The third-order valence-corrected chi connectivity index (χ3v) is 5.16. The van der Waals surface area contributed by atoms with Crippen molar-refractivity contribution in [3.8, 4) is 5.75 Å². The summed E-state index contributed by atoms with van der Waals surface area (Å²) in [4.78, 5) is 0. The third-order valence-electron chi connectivity index (χ3n) is 3.80. The molecule has 1 aromatic rings. The summed E-state index contributed by atoms with van der Waals surface area (Å²) < 4.78 is 6.10. The van der Waals surface area contributed by atoms with Gasteiger partial charge >= 0.3 is 0 Å². The molecule has 98 valence electrons. The van der Waals surface area contributed by atoms with E-state index in [1.807, 2.05) is 0 Å². The zero-order valence-corrected chi connectivity index (χ0v) is 11.6. The summed E-state index contributed by atoms with van der Waals surface area (Å²) in [5, 5.41) is 4.12. The smallest absolute Gasteiger partial charge is 0.122 e. The highest BCUT2D eigenvalue weighted by Gasteiger charge is 2.17. The van der Waals surface area contributed by atoms with Crippen molar-refractivity contribution in [2.45, 2.75) is 37.5 Å². The van der Waals surface area contributed by atoms with Crippen molar-refractivity contribution in [3.05, 3.63) is 29.3 Å². The second-order valence-electron chi connectivity index (χ2n) is 5.12. The minimum Gasteiger partial charge on any atom is -0.492 e. The molecule has 0 bridgehead atoms. The molecule has 2 aliphatic heterocycles. The van der Waals surface area contributed by atoms with Gasteiger partial charge in [-0.2, -0.15) is 11.8 Å². The topological polar surface area (TPSA) is 21.3 Å². The van der Waals surface area contributed by atoms with E-state index in [1.54, 1.807) is 0 Å². The molecule has 1 unspecified atom stereocenters. The lowest BCUT2D eigenvalue weighted by atomic mass is 10.0. The lowest BCUT2D eigenvalue weighted by Gasteiger charge is -2.24. The van der Waals surface area contributed by atoms with Crippen LogP contribution < -0.4 is 10.1 Å². The quantitative estimate of drug-likeness (QED) is 0.906. The molecule has 1 aromatic carbocycles. The van der Waals surface area contributed by atoms with Gasteiger partial charge in [0.25, 0.3) is 0 Å². The number of nitrogens with one attached hydrogen (secondary N) is 1. The number of benzene rings is 1. The molecule has 1 saturated heterocycles. The number of hydrogen-bond acceptors (Lipinski definition) is 3. The summed E-state index contributed by atoms with van der Waals surface area (Å²) in [6.07, 6.45) is 5.18. The standard InChI is InChI=1S/C15H21NOS/c1-2-9-18-13(5-1)11-17-15-6-3-4-12-10-16-8-7-14(12)15/h3-4,6,13,16H,1-2,5,7-11H2. The van der Waals surface area contributed by atoms with Crippen LogP contribution in [0.4, 0.5) is 0 Å². The van der Waals surface area contributed by atoms with Crippen LogP contribution in [0.1, 0.15) is 30.4 Å². The number of hydrogen-bond donors (Lipinski definition) is 1. The van der Waals surface area contributed by atoms with Gasteiger partial charge in [0.2, 0.25) is 0 Å². The second kappa shape index (κ2) is 5.98.